The minimum atomic E-state index is 0.0774. The van der Waals surface area contributed by atoms with Gasteiger partial charge in [0, 0.05) is 16.7 Å². The topological polar surface area (TPSA) is 50.9 Å². The van der Waals surface area contributed by atoms with Crippen molar-refractivity contribution in [3.8, 4) is 11.5 Å². The van der Waals surface area contributed by atoms with Crippen LogP contribution in [0.3, 0.4) is 0 Å². The molecule has 0 fully saturated rings. The first kappa shape index (κ1) is 11.6. The van der Waals surface area contributed by atoms with Gasteiger partial charge in [-0.2, -0.15) is 0 Å². The maximum absolute atomic E-state index is 6.08. The summed E-state index contributed by atoms with van der Waals surface area (Å²) in [6, 6.07) is 13.6. The second-order valence-electron chi connectivity index (χ2n) is 4.84. The van der Waals surface area contributed by atoms with Crippen molar-refractivity contribution in [2.24, 2.45) is 10.7 Å². The van der Waals surface area contributed by atoms with Crippen molar-refractivity contribution in [2.45, 2.75) is 6.04 Å². The van der Waals surface area contributed by atoms with Gasteiger partial charge in [0.1, 0.15) is 5.75 Å². The minimum Gasteiger partial charge on any atom is -0.455 e. The lowest BCUT2D eigenvalue weighted by Crippen LogP contribution is -2.35. The summed E-state index contributed by atoms with van der Waals surface area (Å²) in [6.07, 6.45) is 0. The molecular weight excluding hydrogens is 274 g/mol. The Morgan fingerprint density at radius 3 is 2.95 bits per heavy atom. The lowest BCUT2D eigenvalue weighted by Gasteiger charge is -2.24. The van der Waals surface area contributed by atoms with Crippen LogP contribution in [0.2, 0.25) is 5.02 Å². The Labute approximate surface area is 121 Å². The molecule has 1 unspecified atom stereocenters. The van der Waals surface area contributed by atoms with Gasteiger partial charge < -0.3 is 10.5 Å². The number of anilines is 1. The Kier molecular flexibility index (Phi) is 2.41. The standard InChI is InChI=1S/C15H12ClN3O/c16-9-5-6-11-14(7-9)20-13-4-2-1-3-10(13)12-8-18-15(17)19(11)12/h1-7,12H,8H2,(H2,17,18). The number of aliphatic imine (C=N–C) groups is 1. The van der Waals surface area contributed by atoms with Gasteiger partial charge in [-0.15, -0.1) is 0 Å². The van der Waals surface area contributed by atoms with E-state index in [1.165, 1.54) is 0 Å². The van der Waals surface area contributed by atoms with Crippen LogP contribution >= 0.6 is 11.6 Å². The zero-order valence-electron chi connectivity index (χ0n) is 10.6. The third-order valence-corrected chi connectivity index (χ3v) is 3.90. The molecule has 0 aromatic heterocycles. The number of ether oxygens (including phenoxy) is 1. The summed E-state index contributed by atoms with van der Waals surface area (Å²) in [5.74, 6) is 2.04. The van der Waals surface area contributed by atoms with Crippen LogP contribution in [0.4, 0.5) is 5.69 Å². The van der Waals surface area contributed by atoms with Crippen LogP contribution < -0.4 is 15.4 Å². The summed E-state index contributed by atoms with van der Waals surface area (Å²) in [5, 5.41) is 0.634. The van der Waals surface area contributed by atoms with Gasteiger partial charge >= 0.3 is 0 Å². The van der Waals surface area contributed by atoms with Crippen molar-refractivity contribution in [2.75, 3.05) is 11.4 Å². The normalized spacial score (nSPS) is 19.4. The van der Waals surface area contributed by atoms with E-state index in [9.17, 15) is 0 Å². The van der Waals surface area contributed by atoms with Gasteiger partial charge in [-0.3, -0.25) is 9.89 Å². The van der Waals surface area contributed by atoms with E-state index in [-0.39, 0.29) is 6.04 Å². The average molecular weight is 286 g/mol. The SMILES string of the molecule is NC1=NCC2c3ccccc3Oc3cc(Cl)ccc3N12. The van der Waals surface area contributed by atoms with Gasteiger partial charge in [-0.05, 0) is 18.2 Å². The number of fused-ring (bicyclic) bond motifs is 5. The number of para-hydroxylation sites is 1. The smallest absolute Gasteiger partial charge is 0.196 e. The van der Waals surface area contributed by atoms with Gasteiger partial charge in [-0.1, -0.05) is 29.8 Å². The van der Waals surface area contributed by atoms with Gasteiger partial charge in [0.15, 0.2) is 11.7 Å². The monoisotopic (exact) mass is 285 g/mol. The Morgan fingerprint density at radius 1 is 1.20 bits per heavy atom. The molecule has 0 radical (unpaired) electrons. The molecule has 2 aromatic carbocycles. The summed E-state index contributed by atoms with van der Waals surface area (Å²) < 4.78 is 6.03. The van der Waals surface area contributed by atoms with Gasteiger partial charge in [0.05, 0.1) is 18.3 Å². The van der Waals surface area contributed by atoms with Crippen LogP contribution in [-0.4, -0.2) is 12.5 Å². The highest BCUT2D eigenvalue weighted by Crippen LogP contribution is 2.46. The van der Waals surface area contributed by atoms with Crippen LogP contribution in [0, 0.1) is 0 Å². The molecule has 2 aromatic rings. The molecule has 0 saturated carbocycles. The van der Waals surface area contributed by atoms with Crippen molar-refractivity contribution >= 4 is 23.2 Å². The van der Waals surface area contributed by atoms with Crippen LogP contribution in [0.1, 0.15) is 11.6 Å². The Bertz CT molecular complexity index is 729. The molecule has 5 heteroatoms. The zero-order valence-corrected chi connectivity index (χ0v) is 11.3. The van der Waals surface area contributed by atoms with Gasteiger partial charge in [0.2, 0.25) is 0 Å². The van der Waals surface area contributed by atoms with E-state index >= 15 is 0 Å². The first-order chi connectivity index (χ1) is 9.74. The molecule has 2 aliphatic rings. The van der Waals surface area contributed by atoms with E-state index < -0.39 is 0 Å². The second-order valence-corrected chi connectivity index (χ2v) is 5.27. The number of rotatable bonds is 0. The van der Waals surface area contributed by atoms with Gasteiger partial charge in [-0.25, -0.2) is 0 Å². The molecule has 0 spiro atoms. The molecule has 100 valence electrons. The molecule has 4 nitrogen and oxygen atoms in total. The highest BCUT2D eigenvalue weighted by Gasteiger charge is 2.35. The fraction of sp³-hybridized carbons (Fsp3) is 0.133. The highest BCUT2D eigenvalue weighted by atomic mass is 35.5. The van der Waals surface area contributed by atoms with Crippen LogP contribution in [0.5, 0.6) is 11.5 Å². The van der Waals surface area contributed by atoms with E-state index in [0.29, 0.717) is 23.3 Å². The van der Waals surface area contributed by atoms with Crippen molar-refractivity contribution in [3.05, 3.63) is 53.1 Å². The predicted molar refractivity (Wildman–Crippen MR) is 79.7 cm³/mol. The summed E-state index contributed by atoms with van der Waals surface area (Å²) in [7, 11) is 0. The first-order valence-electron chi connectivity index (χ1n) is 6.39. The van der Waals surface area contributed by atoms with E-state index in [4.69, 9.17) is 22.1 Å². The molecule has 1 atom stereocenters. The van der Waals surface area contributed by atoms with Crippen LogP contribution in [-0.2, 0) is 0 Å². The quantitative estimate of drug-likeness (QED) is 0.808. The number of hydrogen-bond donors (Lipinski definition) is 1. The summed E-state index contributed by atoms with van der Waals surface area (Å²) in [4.78, 5) is 6.39. The van der Waals surface area contributed by atoms with E-state index in [1.54, 1.807) is 0 Å². The summed E-state index contributed by atoms with van der Waals surface area (Å²) in [5.41, 5.74) is 8.04. The van der Waals surface area contributed by atoms with Crippen molar-refractivity contribution in [1.82, 2.24) is 0 Å². The van der Waals surface area contributed by atoms with Crippen molar-refractivity contribution in [3.63, 3.8) is 0 Å². The maximum Gasteiger partial charge on any atom is 0.196 e. The third kappa shape index (κ3) is 1.58. The van der Waals surface area contributed by atoms with E-state index in [2.05, 4.69) is 11.1 Å². The molecule has 0 aliphatic carbocycles. The first-order valence-corrected chi connectivity index (χ1v) is 6.77. The van der Waals surface area contributed by atoms with E-state index in [0.717, 1.165) is 17.0 Å². The summed E-state index contributed by atoms with van der Waals surface area (Å²) in [6.45, 7) is 0.633. The molecule has 4 rings (SSSR count). The largest absolute Gasteiger partial charge is 0.455 e. The lowest BCUT2D eigenvalue weighted by atomic mass is 10.1. The second kappa shape index (κ2) is 4.15. The molecule has 0 amide bonds. The Balaban J connectivity index is 1.98. The number of benzene rings is 2. The number of nitrogens with zero attached hydrogens (tertiary/aromatic N) is 2. The minimum absolute atomic E-state index is 0.0774. The molecule has 2 N–H and O–H groups in total. The molecule has 2 aliphatic heterocycles. The highest BCUT2D eigenvalue weighted by molar-refractivity contribution is 6.30. The molecular formula is C15H12ClN3O. The summed E-state index contributed by atoms with van der Waals surface area (Å²) >= 11 is 6.08. The number of halogens is 1. The molecule has 20 heavy (non-hydrogen) atoms. The van der Waals surface area contributed by atoms with Crippen LogP contribution in [0.25, 0.3) is 0 Å². The third-order valence-electron chi connectivity index (χ3n) is 3.66. The molecule has 0 bridgehead atoms. The molecule has 0 saturated heterocycles. The Morgan fingerprint density at radius 2 is 2.05 bits per heavy atom. The van der Waals surface area contributed by atoms with Crippen molar-refractivity contribution in [1.29, 1.82) is 0 Å². The van der Waals surface area contributed by atoms with Gasteiger partial charge in [0.25, 0.3) is 0 Å². The predicted octanol–water partition coefficient (Wildman–Crippen LogP) is 3.32. The fourth-order valence-corrected chi connectivity index (χ4v) is 2.92. The van der Waals surface area contributed by atoms with Crippen LogP contribution in [0.15, 0.2) is 47.5 Å². The number of guanidine groups is 1. The zero-order chi connectivity index (χ0) is 13.7. The number of nitrogens with two attached hydrogens (primary N) is 1. The molecule has 2 heterocycles. The van der Waals surface area contributed by atoms with E-state index in [1.807, 2.05) is 41.3 Å². The maximum atomic E-state index is 6.08. The average Bonchev–Trinajstić information content (AvgIpc) is 2.75. The van der Waals surface area contributed by atoms with Crippen molar-refractivity contribution < 1.29 is 4.74 Å². The Hall–Kier alpha value is -2.20. The lowest BCUT2D eigenvalue weighted by molar-refractivity contribution is 0.482. The fourth-order valence-electron chi connectivity index (χ4n) is 2.76. The number of hydrogen-bond acceptors (Lipinski definition) is 4.